The van der Waals surface area contributed by atoms with Gasteiger partial charge in [-0.15, -0.1) is 0 Å². The molecule has 0 bridgehead atoms. The van der Waals surface area contributed by atoms with Gasteiger partial charge in [-0.1, -0.05) is 31.1 Å². The molecule has 1 atom stereocenters. The maximum Gasteiger partial charge on any atom is 0.228 e. The summed E-state index contributed by atoms with van der Waals surface area (Å²) in [7, 11) is 1.77. The first kappa shape index (κ1) is 20.6. The summed E-state index contributed by atoms with van der Waals surface area (Å²) < 4.78 is 5.28. The van der Waals surface area contributed by atoms with Crippen molar-refractivity contribution in [1.29, 1.82) is 5.26 Å². The second-order valence-corrected chi connectivity index (χ2v) is 7.51. The maximum atomic E-state index is 9.38. The van der Waals surface area contributed by atoms with Crippen molar-refractivity contribution in [2.24, 2.45) is 4.99 Å². The third-order valence-corrected chi connectivity index (χ3v) is 4.98. The first-order chi connectivity index (χ1) is 14.1. The molecule has 0 spiro atoms. The third-order valence-electron chi connectivity index (χ3n) is 4.98. The molecule has 1 aromatic carbocycles. The van der Waals surface area contributed by atoms with Crippen LogP contribution in [0, 0.1) is 11.3 Å². The van der Waals surface area contributed by atoms with Crippen LogP contribution in [0.15, 0.2) is 33.8 Å². The summed E-state index contributed by atoms with van der Waals surface area (Å²) in [6.07, 6.45) is 2.77. The highest BCUT2D eigenvalue weighted by atomic mass is 16.5. The van der Waals surface area contributed by atoms with E-state index in [-0.39, 0.29) is 12.0 Å². The molecule has 0 aliphatic carbocycles. The van der Waals surface area contributed by atoms with E-state index in [4.69, 9.17) is 4.52 Å². The van der Waals surface area contributed by atoms with Crippen molar-refractivity contribution >= 4 is 11.6 Å². The van der Waals surface area contributed by atoms with Crippen LogP contribution in [0.2, 0.25) is 0 Å². The Kier molecular flexibility index (Phi) is 7.06. The van der Waals surface area contributed by atoms with Crippen LogP contribution >= 0.6 is 0 Å². The van der Waals surface area contributed by atoms with Gasteiger partial charge >= 0.3 is 0 Å². The number of guanidine groups is 1. The molecule has 1 fully saturated rings. The van der Waals surface area contributed by atoms with E-state index in [1.807, 2.05) is 38.1 Å². The Morgan fingerprint density at radius 3 is 2.97 bits per heavy atom. The lowest BCUT2D eigenvalue weighted by Crippen LogP contribution is -2.51. The summed E-state index contributed by atoms with van der Waals surface area (Å²) in [6, 6.07) is 10.3. The predicted molar refractivity (Wildman–Crippen MR) is 113 cm³/mol. The average Bonchev–Trinajstić information content (AvgIpc) is 3.22. The smallest absolute Gasteiger partial charge is 0.228 e. The molecule has 3 rings (SSSR count). The molecule has 2 heterocycles. The number of para-hydroxylation sites is 1. The summed E-state index contributed by atoms with van der Waals surface area (Å²) >= 11 is 0. The van der Waals surface area contributed by atoms with Gasteiger partial charge < -0.3 is 20.1 Å². The molecule has 2 aromatic rings. The molecule has 8 heteroatoms. The minimum Gasteiger partial charge on any atom is -0.368 e. The fourth-order valence-corrected chi connectivity index (χ4v) is 3.44. The fourth-order valence-electron chi connectivity index (χ4n) is 3.44. The van der Waals surface area contributed by atoms with Gasteiger partial charge in [-0.3, -0.25) is 4.99 Å². The SMILES string of the molecule is CN=C(NCCc1nc(C(C)C)no1)NC1CCCN(c2ccccc2C#N)C1. The molecule has 154 valence electrons. The van der Waals surface area contributed by atoms with E-state index >= 15 is 0 Å². The van der Waals surface area contributed by atoms with E-state index in [0.717, 1.165) is 49.0 Å². The maximum absolute atomic E-state index is 9.38. The summed E-state index contributed by atoms with van der Waals surface area (Å²) in [6.45, 7) is 6.54. The molecule has 0 radical (unpaired) electrons. The first-order valence-corrected chi connectivity index (χ1v) is 10.1. The van der Waals surface area contributed by atoms with Gasteiger partial charge in [0.2, 0.25) is 5.89 Å². The molecule has 0 amide bonds. The second-order valence-electron chi connectivity index (χ2n) is 7.51. The predicted octanol–water partition coefficient (Wildman–Crippen LogP) is 2.44. The quantitative estimate of drug-likeness (QED) is 0.572. The number of nitrogens with zero attached hydrogens (tertiary/aromatic N) is 5. The van der Waals surface area contributed by atoms with Gasteiger partial charge in [0.25, 0.3) is 0 Å². The molecule has 1 aliphatic heterocycles. The molecule has 8 nitrogen and oxygen atoms in total. The van der Waals surface area contributed by atoms with Crippen LogP contribution < -0.4 is 15.5 Å². The Bertz CT molecular complexity index is 868. The second kappa shape index (κ2) is 9.92. The summed E-state index contributed by atoms with van der Waals surface area (Å²) in [5, 5.41) is 20.2. The number of nitrogens with one attached hydrogen (secondary N) is 2. The van der Waals surface area contributed by atoms with Crippen LogP contribution in [-0.4, -0.2) is 48.8 Å². The Morgan fingerprint density at radius 2 is 2.24 bits per heavy atom. The zero-order chi connectivity index (χ0) is 20.6. The van der Waals surface area contributed by atoms with Crippen molar-refractivity contribution in [2.75, 3.05) is 31.6 Å². The lowest BCUT2D eigenvalue weighted by Gasteiger charge is -2.35. The minimum atomic E-state index is 0.260. The topological polar surface area (TPSA) is 102 Å². The van der Waals surface area contributed by atoms with Crippen molar-refractivity contribution < 1.29 is 4.52 Å². The number of piperidine rings is 1. The molecular weight excluding hydrogens is 366 g/mol. The number of rotatable bonds is 6. The van der Waals surface area contributed by atoms with Gasteiger partial charge in [-0.25, -0.2) is 0 Å². The zero-order valence-corrected chi connectivity index (χ0v) is 17.4. The van der Waals surface area contributed by atoms with E-state index in [9.17, 15) is 5.26 Å². The van der Waals surface area contributed by atoms with Crippen molar-refractivity contribution in [3.63, 3.8) is 0 Å². The zero-order valence-electron chi connectivity index (χ0n) is 17.4. The molecule has 0 saturated carbocycles. The number of aromatic nitrogens is 2. The summed E-state index contributed by atoms with van der Waals surface area (Å²) in [5.74, 6) is 2.39. The van der Waals surface area contributed by atoms with Crippen LogP contribution in [0.1, 0.15) is 49.9 Å². The van der Waals surface area contributed by atoms with Gasteiger partial charge in [0.15, 0.2) is 11.8 Å². The van der Waals surface area contributed by atoms with Gasteiger partial charge in [0.05, 0.1) is 11.3 Å². The number of nitriles is 1. The van der Waals surface area contributed by atoms with Gasteiger partial charge in [0.1, 0.15) is 6.07 Å². The normalized spacial score (nSPS) is 17.3. The third kappa shape index (κ3) is 5.47. The Balaban J connectivity index is 1.51. The van der Waals surface area contributed by atoms with E-state index in [0.29, 0.717) is 18.9 Å². The highest BCUT2D eigenvalue weighted by Gasteiger charge is 2.22. The average molecular weight is 396 g/mol. The van der Waals surface area contributed by atoms with E-state index in [1.54, 1.807) is 7.05 Å². The van der Waals surface area contributed by atoms with Gasteiger partial charge in [0, 0.05) is 45.1 Å². The van der Waals surface area contributed by atoms with Crippen LogP contribution in [0.25, 0.3) is 0 Å². The van der Waals surface area contributed by atoms with Crippen molar-refractivity contribution in [2.45, 2.75) is 45.1 Å². The van der Waals surface area contributed by atoms with E-state index in [1.165, 1.54) is 0 Å². The van der Waals surface area contributed by atoms with Crippen LogP contribution in [0.3, 0.4) is 0 Å². The Morgan fingerprint density at radius 1 is 1.41 bits per heavy atom. The van der Waals surface area contributed by atoms with Crippen molar-refractivity contribution in [1.82, 2.24) is 20.8 Å². The van der Waals surface area contributed by atoms with Crippen LogP contribution in [0.4, 0.5) is 5.69 Å². The number of anilines is 1. The minimum absolute atomic E-state index is 0.260. The lowest BCUT2D eigenvalue weighted by molar-refractivity contribution is 0.371. The molecular formula is C21H29N7O. The monoisotopic (exact) mass is 395 g/mol. The molecule has 29 heavy (non-hydrogen) atoms. The standard InChI is InChI=1S/C21H29N7O/c1-15(2)20-26-19(29-27-20)10-11-24-21(23-3)25-17-8-6-12-28(14-17)18-9-5-4-7-16(18)13-22/h4-5,7,9,15,17H,6,8,10-12,14H2,1-3H3,(H2,23,24,25). The Labute approximate surface area is 172 Å². The number of hydrogen-bond donors (Lipinski definition) is 2. The number of hydrogen-bond acceptors (Lipinski definition) is 6. The van der Waals surface area contributed by atoms with E-state index in [2.05, 4.69) is 36.7 Å². The van der Waals surface area contributed by atoms with E-state index < -0.39 is 0 Å². The molecule has 2 N–H and O–H groups in total. The molecule has 1 unspecified atom stereocenters. The highest BCUT2D eigenvalue weighted by Crippen LogP contribution is 2.23. The summed E-state index contributed by atoms with van der Waals surface area (Å²) in [4.78, 5) is 11.0. The first-order valence-electron chi connectivity index (χ1n) is 10.1. The molecule has 1 saturated heterocycles. The summed E-state index contributed by atoms with van der Waals surface area (Å²) in [5.41, 5.74) is 1.72. The van der Waals surface area contributed by atoms with Crippen LogP contribution in [0.5, 0.6) is 0 Å². The van der Waals surface area contributed by atoms with Crippen molar-refractivity contribution in [3.05, 3.63) is 41.5 Å². The molecule has 1 aromatic heterocycles. The highest BCUT2D eigenvalue weighted by molar-refractivity contribution is 5.80. The van der Waals surface area contributed by atoms with Crippen LogP contribution in [-0.2, 0) is 6.42 Å². The molecule has 1 aliphatic rings. The van der Waals surface area contributed by atoms with Gasteiger partial charge in [-0.2, -0.15) is 10.2 Å². The Hall–Kier alpha value is -3.08. The lowest BCUT2D eigenvalue weighted by atomic mass is 10.0. The largest absolute Gasteiger partial charge is 0.368 e. The van der Waals surface area contributed by atoms with Gasteiger partial charge in [-0.05, 0) is 25.0 Å². The van der Waals surface area contributed by atoms with Crippen molar-refractivity contribution in [3.8, 4) is 6.07 Å². The number of aliphatic imine (C=N–C) groups is 1. The fraction of sp³-hybridized carbons (Fsp3) is 0.524. The number of benzene rings is 1.